The first-order chi connectivity index (χ1) is 12.0. The molecule has 25 heavy (non-hydrogen) atoms. The van der Waals surface area contributed by atoms with Gasteiger partial charge in [0.05, 0.1) is 0 Å². The summed E-state index contributed by atoms with van der Waals surface area (Å²) in [4.78, 5) is 29.4. The van der Waals surface area contributed by atoms with Gasteiger partial charge in [0.1, 0.15) is 0 Å². The molecule has 0 spiro atoms. The van der Waals surface area contributed by atoms with Crippen molar-refractivity contribution in [3.63, 3.8) is 0 Å². The molecule has 1 heterocycles. The zero-order chi connectivity index (χ0) is 18.4. The summed E-state index contributed by atoms with van der Waals surface area (Å²) in [7, 11) is 0. The van der Waals surface area contributed by atoms with Gasteiger partial charge in [-0.25, -0.2) is 0 Å². The van der Waals surface area contributed by atoms with Gasteiger partial charge >= 0.3 is 0 Å². The lowest BCUT2D eigenvalue weighted by Crippen LogP contribution is -2.46. The fraction of sp³-hybridized carbons (Fsp3) is 0.619. The SMILES string of the molecule is CCC(CC)C(=O)N1CCC(C(=O)N(CC)c2cccc(C)c2)CC1. The molecule has 0 radical (unpaired) electrons. The summed E-state index contributed by atoms with van der Waals surface area (Å²) in [6.07, 6.45) is 3.33. The van der Waals surface area contributed by atoms with E-state index < -0.39 is 0 Å². The van der Waals surface area contributed by atoms with Crippen molar-refractivity contribution in [2.24, 2.45) is 11.8 Å². The van der Waals surface area contributed by atoms with Crippen LogP contribution in [0.2, 0.25) is 0 Å². The van der Waals surface area contributed by atoms with Crippen molar-refractivity contribution in [2.45, 2.75) is 53.4 Å². The van der Waals surface area contributed by atoms with E-state index in [1.54, 1.807) is 0 Å². The molecule has 1 aliphatic heterocycles. The molecule has 138 valence electrons. The highest BCUT2D eigenvalue weighted by atomic mass is 16.2. The van der Waals surface area contributed by atoms with Crippen molar-refractivity contribution < 1.29 is 9.59 Å². The van der Waals surface area contributed by atoms with Gasteiger partial charge in [0.2, 0.25) is 11.8 Å². The molecular formula is C21H32N2O2. The zero-order valence-corrected chi connectivity index (χ0v) is 16.1. The number of hydrogen-bond acceptors (Lipinski definition) is 2. The Bertz CT molecular complexity index is 587. The lowest BCUT2D eigenvalue weighted by molar-refractivity contribution is -0.138. The Morgan fingerprint density at radius 2 is 1.80 bits per heavy atom. The summed E-state index contributed by atoms with van der Waals surface area (Å²) in [5.41, 5.74) is 2.14. The van der Waals surface area contributed by atoms with Crippen LogP contribution in [0.5, 0.6) is 0 Å². The monoisotopic (exact) mass is 344 g/mol. The van der Waals surface area contributed by atoms with E-state index in [1.807, 2.05) is 41.8 Å². The molecule has 4 nitrogen and oxygen atoms in total. The van der Waals surface area contributed by atoms with Gasteiger partial charge in [-0.15, -0.1) is 0 Å². The highest BCUT2D eigenvalue weighted by Gasteiger charge is 2.31. The largest absolute Gasteiger partial charge is 0.342 e. The molecule has 1 saturated heterocycles. The molecule has 0 atom stereocenters. The molecule has 0 aromatic heterocycles. The van der Waals surface area contributed by atoms with E-state index in [4.69, 9.17) is 0 Å². The number of nitrogens with zero attached hydrogens (tertiary/aromatic N) is 2. The van der Waals surface area contributed by atoms with Gasteiger partial charge in [-0.2, -0.15) is 0 Å². The normalized spacial score (nSPS) is 15.5. The van der Waals surface area contributed by atoms with E-state index in [0.717, 1.165) is 36.9 Å². The molecule has 2 rings (SSSR count). The van der Waals surface area contributed by atoms with Gasteiger partial charge in [-0.3, -0.25) is 9.59 Å². The van der Waals surface area contributed by atoms with E-state index in [2.05, 4.69) is 19.9 Å². The van der Waals surface area contributed by atoms with Crippen LogP contribution in [0.3, 0.4) is 0 Å². The molecule has 1 aromatic rings. The van der Waals surface area contributed by atoms with Crippen LogP contribution in [-0.4, -0.2) is 36.3 Å². The summed E-state index contributed by atoms with van der Waals surface area (Å²) in [6.45, 7) is 10.3. The summed E-state index contributed by atoms with van der Waals surface area (Å²) in [5, 5.41) is 0. The predicted octanol–water partition coefficient (Wildman–Crippen LogP) is 4.02. The average Bonchev–Trinajstić information content (AvgIpc) is 2.63. The smallest absolute Gasteiger partial charge is 0.230 e. The van der Waals surface area contributed by atoms with Gasteiger partial charge < -0.3 is 9.80 Å². The van der Waals surface area contributed by atoms with Crippen molar-refractivity contribution in [3.8, 4) is 0 Å². The standard InChI is InChI=1S/C21H32N2O2/c1-5-17(6-2)20(24)22-13-11-18(12-14-22)21(25)23(7-3)19-10-8-9-16(4)15-19/h8-10,15,17-18H,5-7,11-14H2,1-4H3. The Balaban J connectivity index is 1.99. The Morgan fingerprint density at radius 1 is 1.16 bits per heavy atom. The number of carbonyl (C=O) groups excluding carboxylic acids is 2. The molecule has 0 unspecified atom stereocenters. The first kappa shape index (κ1) is 19.5. The minimum absolute atomic E-state index is 0.0196. The van der Waals surface area contributed by atoms with E-state index >= 15 is 0 Å². The maximum absolute atomic E-state index is 13.0. The van der Waals surface area contributed by atoms with Gasteiger partial charge in [-0.1, -0.05) is 26.0 Å². The fourth-order valence-electron chi connectivity index (χ4n) is 3.72. The molecule has 0 saturated carbocycles. The Hall–Kier alpha value is -1.84. The summed E-state index contributed by atoms with van der Waals surface area (Å²) in [6, 6.07) is 8.11. The molecular weight excluding hydrogens is 312 g/mol. The number of amides is 2. The third kappa shape index (κ3) is 4.62. The number of anilines is 1. The molecule has 0 bridgehead atoms. The number of aryl methyl sites for hydroxylation is 1. The van der Waals surface area contributed by atoms with Crippen LogP contribution in [0.1, 0.15) is 52.0 Å². The van der Waals surface area contributed by atoms with Gasteiger partial charge in [0.25, 0.3) is 0 Å². The van der Waals surface area contributed by atoms with Gasteiger partial charge in [0, 0.05) is 37.2 Å². The first-order valence-electron chi connectivity index (χ1n) is 9.68. The van der Waals surface area contributed by atoms with Crippen LogP contribution in [0.15, 0.2) is 24.3 Å². The predicted molar refractivity (Wildman–Crippen MR) is 103 cm³/mol. The molecule has 2 amide bonds. The number of hydrogen-bond donors (Lipinski definition) is 0. The van der Waals surface area contributed by atoms with Gasteiger partial charge in [0.15, 0.2) is 0 Å². The Kier molecular flexibility index (Phi) is 7.03. The number of piperidine rings is 1. The number of rotatable bonds is 6. The second kappa shape index (κ2) is 9.02. The third-order valence-electron chi connectivity index (χ3n) is 5.39. The van der Waals surface area contributed by atoms with E-state index in [0.29, 0.717) is 19.6 Å². The fourth-order valence-corrected chi connectivity index (χ4v) is 3.72. The van der Waals surface area contributed by atoms with Crippen LogP contribution in [0.25, 0.3) is 0 Å². The summed E-state index contributed by atoms with van der Waals surface area (Å²) < 4.78 is 0. The second-order valence-electron chi connectivity index (χ2n) is 7.03. The van der Waals surface area contributed by atoms with E-state index in [9.17, 15) is 9.59 Å². The average molecular weight is 344 g/mol. The van der Waals surface area contributed by atoms with Crippen LogP contribution < -0.4 is 4.90 Å². The third-order valence-corrected chi connectivity index (χ3v) is 5.39. The maximum atomic E-state index is 13.0. The quantitative estimate of drug-likeness (QED) is 0.782. The lowest BCUT2D eigenvalue weighted by Gasteiger charge is -2.35. The molecule has 0 N–H and O–H groups in total. The van der Waals surface area contributed by atoms with Crippen LogP contribution in [0.4, 0.5) is 5.69 Å². The molecule has 1 aromatic carbocycles. The zero-order valence-electron chi connectivity index (χ0n) is 16.1. The minimum Gasteiger partial charge on any atom is -0.342 e. The number of carbonyl (C=O) groups is 2. The topological polar surface area (TPSA) is 40.6 Å². The lowest BCUT2D eigenvalue weighted by atomic mass is 9.93. The Morgan fingerprint density at radius 3 is 2.32 bits per heavy atom. The van der Waals surface area contributed by atoms with Crippen molar-refractivity contribution in [1.82, 2.24) is 4.90 Å². The van der Waals surface area contributed by atoms with Crippen molar-refractivity contribution in [2.75, 3.05) is 24.5 Å². The van der Waals surface area contributed by atoms with Gasteiger partial charge in [-0.05, 0) is 57.2 Å². The number of likely N-dealkylation sites (tertiary alicyclic amines) is 1. The Labute approximate surface area is 152 Å². The maximum Gasteiger partial charge on any atom is 0.230 e. The van der Waals surface area contributed by atoms with Crippen molar-refractivity contribution >= 4 is 17.5 Å². The van der Waals surface area contributed by atoms with Crippen molar-refractivity contribution in [1.29, 1.82) is 0 Å². The summed E-state index contributed by atoms with van der Waals surface area (Å²) >= 11 is 0. The molecule has 0 aliphatic carbocycles. The molecule has 1 aliphatic rings. The highest BCUT2D eigenvalue weighted by molar-refractivity contribution is 5.95. The first-order valence-corrected chi connectivity index (χ1v) is 9.68. The van der Waals surface area contributed by atoms with Crippen LogP contribution in [-0.2, 0) is 9.59 Å². The van der Waals surface area contributed by atoms with Crippen molar-refractivity contribution in [3.05, 3.63) is 29.8 Å². The number of benzene rings is 1. The highest BCUT2D eigenvalue weighted by Crippen LogP contribution is 2.25. The second-order valence-corrected chi connectivity index (χ2v) is 7.03. The van der Waals surface area contributed by atoms with E-state index in [1.165, 1.54) is 0 Å². The minimum atomic E-state index is 0.0196. The van der Waals surface area contributed by atoms with Crippen LogP contribution >= 0.6 is 0 Å². The van der Waals surface area contributed by atoms with Crippen LogP contribution in [0, 0.1) is 18.8 Å². The summed E-state index contributed by atoms with van der Waals surface area (Å²) in [5.74, 6) is 0.613. The van der Waals surface area contributed by atoms with E-state index in [-0.39, 0.29) is 23.7 Å². The molecule has 4 heteroatoms. The molecule has 1 fully saturated rings.